The van der Waals surface area contributed by atoms with E-state index in [1.807, 2.05) is 22.7 Å². The van der Waals surface area contributed by atoms with Crippen LogP contribution < -0.4 is 32.3 Å². The first-order valence-corrected chi connectivity index (χ1v) is 15.9. The molecule has 0 amide bonds. The minimum absolute atomic E-state index is 0.169. The third-order valence-corrected chi connectivity index (χ3v) is 10.5. The fraction of sp³-hybridized carbons (Fsp3) is 0.212. The molecular formula is C33H32B2N2S2. The first kappa shape index (κ1) is 24.8. The van der Waals surface area contributed by atoms with Gasteiger partial charge in [-0.05, 0) is 42.8 Å². The molecule has 3 aromatic carbocycles. The van der Waals surface area contributed by atoms with Crippen molar-refractivity contribution in [3.8, 4) is 20.9 Å². The second-order valence-corrected chi connectivity index (χ2v) is 13.3. The summed E-state index contributed by atoms with van der Waals surface area (Å²) in [7, 11) is 0. The Kier molecular flexibility index (Phi) is 6.62. The third-order valence-electron chi connectivity index (χ3n) is 8.11. The molecule has 6 heteroatoms. The van der Waals surface area contributed by atoms with Crippen LogP contribution >= 0.6 is 22.7 Å². The molecular weight excluding hydrogens is 510 g/mol. The molecule has 0 bridgehead atoms. The van der Waals surface area contributed by atoms with Crippen molar-refractivity contribution in [3.05, 3.63) is 94.7 Å². The first-order chi connectivity index (χ1) is 19.2. The lowest BCUT2D eigenvalue weighted by Gasteiger charge is -2.30. The first-order valence-electron chi connectivity index (χ1n) is 14.2. The standard InChI is InChI=1S/C33H32B2N2S2/c1-3-4-5-12-17-25-19-29-33(39-25)27-21-30-26(20-31(27)37-35(29)24-15-10-7-11-16-24)32-28(18-22(2)38-32)34(36-30)23-13-8-6-9-14-23/h6-11,13-16,18-21,36-37H,3-5,12,17H2,1-2H3. The van der Waals surface area contributed by atoms with E-state index in [1.165, 1.54) is 96.0 Å². The highest BCUT2D eigenvalue weighted by atomic mass is 32.1. The number of hydrogen-bond donors (Lipinski definition) is 2. The molecule has 0 fully saturated rings. The second-order valence-electron chi connectivity index (χ2n) is 10.9. The summed E-state index contributed by atoms with van der Waals surface area (Å²) < 4.78 is 0. The summed E-state index contributed by atoms with van der Waals surface area (Å²) in [6.45, 7) is 4.86. The van der Waals surface area contributed by atoms with Crippen LogP contribution in [-0.4, -0.2) is 13.7 Å². The number of fused-ring (bicyclic) bond motifs is 6. The van der Waals surface area contributed by atoms with Gasteiger partial charge in [-0.3, -0.25) is 0 Å². The molecule has 2 aromatic heterocycles. The van der Waals surface area contributed by atoms with Gasteiger partial charge in [0.05, 0.1) is 0 Å². The van der Waals surface area contributed by atoms with Crippen molar-refractivity contribution in [2.75, 3.05) is 10.5 Å². The molecule has 2 N–H and O–H groups in total. The van der Waals surface area contributed by atoms with Crippen LogP contribution in [0.25, 0.3) is 20.9 Å². The Balaban J connectivity index is 1.34. The van der Waals surface area contributed by atoms with Gasteiger partial charge in [0.1, 0.15) is 0 Å². The van der Waals surface area contributed by atoms with Gasteiger partial charge in [-0.25, -0.2) is 0 Å². The van der Waals surface area contributed by atoms with Gasteiger partial charge in [0.2, 0.25) is 0 Å². The van der Waals surface area contributed by atoms with Crippen LogP contribution in [-0.2, 0) is 6.42 Å². The summed E-state index contributed by atoms with van der Waals surface area (Å²) in [4.78, 5) is 5.69. The van der Waals surface area contributed by atoms with Gasteiger partial charge < -0.3 is 10.5 Å². The molecule has 0 aliphatic carbocycles. The summed E-state index contributed by atoms with van der Waals surface area (Å²) in [5.41, 5.74) is 10.6. The molecule has 0 unspecified atom stereocenters. The predicted octanol–water partition coefficient (Wildman–Crippen LogP) is 6.64. The molecule has 5 aromatic rings. The van der Waals surface area contributed by atoms with Gasteiger partial charge in [-0.15, -0.1) is 22.7 Å². The average Bonchev–Trinajstić information content (AvgIpc) is 3.58. The predicted molar refractivity (Wildman–Crippen MR) is 176 cm³/mol. The van der Waals surface area contributed by atoms with E-state index in [2.05, 4.69) is 109 Å². The lowest BCUT2D eigenvalue weighted by atomic mass is 9.48. The number of nitrogens with one attached hydrogen (secondary N) is 2. The van der Waals surface area contributed by atoms with E-state index in [4.69, 9.17) is 0 Å². The largest absolute Gasteiger partial charge is 0.420 e. The number of unbranched alkanes of at least 4 members (excludes halogenated alkanes) is 3. The molecule has 2 nitrogen and oxygen atoms in total. The van der Waals surface area contributed by atoms with Crippen LogP contribution in [0, 0.1) is 6.92 Å². The fourth-order valence-corrected chi connectivity index (χ4v) is 8.54. The second kappa shape index (κ2) is 10.4. The SMILES string of the molecule is CCCCCCc1cc2c(s1)-c1cc3c(cc1NB2c1ccccc1)-c1sc(C)cc1B(c1ccccc1)N3. The van der Waals surface area contributed by atoms with Crippen molar-refractivity contribution in [3.63, 3.8) is 0 Å². The summed E-state index contributed by atoms with van der Waals surface area (Å²) >= 11 is 3.92. The van der Waals surface area contributed by atoms with Crippen LogP contribution in [0.2, 0.25) is 0 Å². The van der Waals surface area contributed by atoms with E-state index in [1.54, 1.807) is 0 Å². The smallest absolute Gasteiger partial charge is 0.322 e. The van der Waals surface area contributed by atoms with E-state index in [0.29, 0.717) is 0 Å². The Morgan fingerprint density at radius 1 is 0.641 bits per heavy atom. The summed E-state index contributed by atoms with van der Waals surface area (Å²) in [5.74, 6) is 0. The number of rotatable bonds is 7. The maximum Gasteiger partial charge on any atom is 0.322 e. The zero-order valence-corrected chi connectivity index (χ0v) is 24.2. The maximum atomic E-state index is 3.97. The van der Waals surface area contributed by atoms with Gasteiger partial charge in [0.25, 0.3) is 0 Å². The molecule has 0 radical (unpaired) electrons. The highest BCUT2D eigenvalue weighted by Crippen LogP contribution is 2.45. The minimum Gasteiger partial charge on any atom is -0.420 e. The van der Waals surface area contributed by atoms with E-state index in [9.17, 15) is 0 Å². The Hall–Kier alpha value is -3.21. The summed E-state index contributed by atoms with van der Waals surface area (Å²) in [6.07, 6.45) is 6.37. The average molecular weight is 542 g/mol. The van der Waals surface area contributed by atoms with E-state index in [0.717, 1.165) is 0 Å². The van der Waals surface area contributed by atoms with E-state index < -0.39 is 0 Å². The Morgan fingerprint density at radius 3 is 1.79 bits per heavy atom. The zero-order chi connectivity index (χ0) is 26.3. The van der Waals surface area contributed by atoms with Crippen molar-refractivity contribution < 1.29 is 0 Å². The molecule has 2 aliphatic rings. The van der Waals surface area contributed by atoms with Crippen molar-refractivity contribution in [1.29, 1.82) is 0 Å². The Bertz CT molecular complexity index is 1620. The molecule has 0 atom stereocenters. The van der Waals surface area contributed by atoms with Crippen LogP contribution in [0.15, 0.2) is 84.9 Å². The number of hydrogen-bond acceptors (Lipinski definition) is 4. The van der Waals surface area contributed by atoms with Gasteiger partial charge >= 0.3 is 13.7 Å². The van der Waals surface area contributed by atoms with E-state index >= 15 is 0 Å². The monoisotopic (exact) mass is 542 g/mol. The van der Waals surface area contributed by atoms with Crippen molar-refractivity contribution in [2.45, 2.75) is 46.0 Å². The molecule has 192 valence electrons. The van der Waals surface area contributed by atoms with Crippen LogP contribution in [0.3, 0.4) is 0 Å². The van der Waals surface area contributed by atoms with Gasteiger partial charge in [-0.2, -0.15) is 0 Å². The number of aryl methyl sites for hydroxylation is 2. The Labute approximate surface area is 240 Å². The quantitative estimate of drug-likeness (QED) is 0.178. The van der Waals surface area contributed by atoms with Crippen molar-refractivity contribution >= 4 is 69.6 Å². The van der Waals surface area contributed by atoms with Crippen LogP contribution in [0.5, 0.6) is 0 Å². The number of thiophene rings is 2. The molecule has 39 heavy (non-hydrogen) atoms. The van der Waals surface area contributed by atoms with Crippen LogP contribution in [0.1, 0.15) is 42.4 Å². The molecule has 4 heterocycles. The number of benzene rings is 3. The lowest BCUT2D eigenvalue weighted by molar-refractivity contribution is 0.670. The van der Waals surface area contributed by atoms with Crippen molar-refractivity contribution in [1.82, 2.24) is 0 Å². The molecule has 0 saturated heterocycles. The maximum absolute atomic E-state index is 3.97. The highest BCUT2D eigenvalue weighted by Gasteiger charge is 2.36. The third kappa shape index (κ3) is 4.54. The van der Waals surface area contributed by atoms with Gasteiger partial charge in [-0.1, -0.05) is 110 Å². The lowest BCUT2D eigenvalue weighted by Crippen LogP contribution is -2.52. The van der Waals surface area contributed by atoms with E-state index in [-0.39, 0.29) is 13.7 Å². The van der Waals surface area contributed by atoms with Gasteiger partial charge in [0.15, 0.2) is 0 Å². The molecule has 0 saturated carbocycles. The summed E-state index contributed by atoms with van der Waals surface area (Å²) in [5, 5.41) is 7.92. The zero-order valence-electron chi connectivity index (χ0n) is 22.6. The summed E-state index contributed by atoms with van der Waals surface area (Å²) in [6, 6.07) is 31.5. The van der Waals surface area contributed by atoms with Crippen molar-refractivity contribution in [2.24, 2.45) is 0 Å². The topological polar surface area (TPSA) is 24.1 Å². The highest BCUT2D eigenvalue weighted by molar-refractivity contribution is 7.19. The van der Waals surface area contributed by atoms with Gasteiger partial charge in [0, 0.05) is 42.0 Å². The minimum atomic E-state index is 0.169. The van der Waals surface area contributed by atoms with Crippen LogP contribution in [0.4, 0.5) is 11.4 Å². The number of anilines is 2. The molecule has 0 spiro atoms. The molecule has 2 aliphatic heterocycles. The molecule has 7 rings (SSSR count). The fourth-order valence-electron chi connectivity index (χ4n) is 6.19. The Morgan fingerprint density at radius 2 is 1.21 bits per heavy atom. The normalized spacial score (nSPS) is 13.2.